The molecule has 13 nitrogen and oxygen atoms in total. The van der Waals surface area contributed by atoms with Crippen molar-refractivity contribution in [3.63, 3.8) is 0 Å². The van der Waals surface area contributed by atoms with Crippen LogP contribution in [0.15, 0.2) is 36.5 Å². The van der Waals surface area contributed by atoms with Gasteiger partial charge in [0.05, 0.1) is 6.10 Å². The van der Waals surface area contributed by atoms with Crippen LogP contribution in [0.3, 0.4) is 0 Å². The summed E-state index contributed by atoms with van der Waals surface area (Å²) in [6.07, 6.45) is -4.17. The molecule has 1 aromatic rings. The molecule has 1 aromatic carbocycles. The molecule has 5 N–H and O–H groups in total. The van der Waals surface area contributed by atoms with Gasteiger partial charge in [-0.05, 0) is 52.0 Å². The molecule has 212 valence electrons. The Balaban J connectivity index is 1.83. The van der Waals surface area contributed by atoms with Gasteiger partial charge in [-0.3, -0.25) is 14.1 Å². The maximum absolute atomic E-state index is 15.9. The second kappa shape index (κ2) is 11.4. The maximum atomic E-state index is 15.9. The summed E-state index contributed by atoms with van der Waals surface area (Å²) in [5.74, 6) is -4.66. The van der Waals surface area contributed by atoms with Gasteiger partial charge in [-0.25, -0.2) is 8.96 Å². The first-order valence-electron chi connectivity index (χ1n) is 11.5. The monoisotopic (exact) mass is 581 g/mol. The van der Waals surface area contributed by atoms with Gasteiger partial charge in [0, 0.05) is 17.3 Å². The molecule has 1 amide bonds. The minimum atomic E-state index is -4.59. The topological polar surface area (TPSA) is 176 Å². The molecule has 1 saturated heterocycles. The summed E-state index contributed by atoms with van der Waals surface area (Å²) in [5.41, 5.74) is -2.35. The first kappa shape index (κ1) is 30.3. The zero-order valence-electron chi connectivity index (χ0n) is 20.9. The lowest BCUT2D eigenvalue weighted by atomic mass is 9.95. The van der Waals surface area contributed by atoms with E-state index < -0.39 is 68.5 Å². The van der Waals surface area contributed by atoms with Crippen molar-refractivity contribution in [3.05, 3.63) is 41.6 Å². The van der Waals surface area contributed by atoms with E-state index in [-0.39, 0.29) is 5.75 Å². The van der Waals surface area contributed by atoms with Gasteiger partial charge in [-0.2, -0.15) is 5.09 Å². The zero-order chi connectivity index (χ0) is 28.5. The Morgan fingerprint density at radius 1 is 1.32 bits per heavy atom. The van der Waals surface area contributed by atoms with E-state index >= 15 is 4.39 Å². The molecule has 2 aliphatic heterocycles. The Morgan fingerprint density at radius 2 is 1.95 bits per heavy atom. The van der Waals surface area contributed by atoms with Gasteiger partial charge in [0.2, 0.25) is 12.3 Å². The van der Waals surface area contributed by atoms with E-state index in [1.54, 1.807) is 13.8 Å². The van der Waals surface area contributed by atoms with Crippen molar-refractivity contribution in [2.24, 2.45) is 0 Å². The van der Waals surface area contributed by atoms with Gasteiger partial charge >= 0.3 is 13.7 Å². The van der Waals surface area contributed by atoms with E-state index in [1.807, 2.05) is 0 Å². The first-order chi connectivity index (χ1) is 17.6. The molecule has 0 bridgehead atoms. The van der Waals surface area contributed by atoms with Crippen LogP contribution in [0.4, 0.5) is 4.39 Å². The van der Waals surface area contributed by atoms with Gasteiger partial charge in [-0.15, -0.1) is 0 Å². The minimum Gasteiger partial charge on any atom is -0.462 e. The lowest BCUT2D eigenvalue weighted by molar-refractivity contribution is -0.226. The van der Waals surface area contributed by atoms with Crippen LogP contribution in [0.5, 0.6) is 5.75 Å². The zero-order valence-corrected chi connectivity index (χ0v) is 22.6. The number of alkyl halides is 1. The fourth-order valence-corrected chi connectivity index (χ4v) is 5.26. The van der Waals surface area contributed by atoms with Gasteiger partial charge in [0.25, 0.3) is 5.85 Å². The highest BCUT2D eigenvalue weighted by Gasteiger charge is 2.65. The van der Waals surface area contributed by atoms with Crippen molar-refractivity contribution in [1.29, 1.82) is 0 Å². The summed E-state index contributed by atoms with van der Waals surface area (Å²) in [6, 6.07) is 4.31. The Labute approximate surface area is 223 Å². The predicted octanol–water partition coefficient (Wildman–Crippen LogP) is 1.13. The molecule has 7 atom stereocenters. The summed E-state index contributed by atoms with van der Waals surface area (Å²) in [6.45, 7) is 4.31. The van der Waals surface area contributed by atoms with Crippen LogP contribution >= 0.6 is 19.3 Å². The van der Waals surface area contributed by atoms with E-state index in [4.69, 9.17) is 30.1 Å². The summed E-state index contributed by atoms with van der Waals surface area (Å²) in [4.78, 5) is 24.6. The Morgan fingerprint density at radius 3 is 2.53 bits per heavy atom. The third-order valence-corrected chi connectivity index (χ3v) is 7.40. The summed E-state index contributed by atoms with van der Waals surface area (Å²) < 4.78 is 50.6. The van der Waals surface area contributed by atoms with Gasteiger partial charge in [0.15, 0.2) is 6.23 Å². The fourth-order valence-electron chi connectivity index (χ4n) is 3.63. The van der Waals surface area contributed by atoms with Crippen molar-refractivity contribution < 1.29 is 52.4 Å². The fraction of sp³-hybridized carbons (Fsp3) is 0.545. The normalized spacial score (nSPS) is 31.6. The standard InChI is InChI=1S/C22H30ClFN3O10P/c1-12(2)35-17(29)13(3)26-38(33,37-15-7-5-14(23)6-8-15)34-11-22(24)18(30)21(4,32)19(36-22)27-10-9-16(28)25-20(27)31/h5-10,12-13,18-20,30-32H,11H2,1-4H3,(H,25,28)(H,26,33). The third-order valence-electron chi connectivity index (χ3n) is 5.52. The van der Waals surface area contributed by atoms with E-state index in [9.17, 15) is 29.5 Å². The molecule has 0 saturated carbocycles. The van der Waals surface area contributed by atoms with Gasteiger partial charge in [-0.1, -0.05) is 11.6 Å². The number of carbonyl (C=O) groups is 2. The first-order valence-corrected chi connectivity index (χ1v) is 13.4. The van der Waals surface area contributed by atoms with Crippen molar-refractivity contribution in [3.8, 4) is 5.75 Å². The number of esters is 1. The Kier molecular flexibility index (Phi) is 9.11. The minimum absolute atomic E-state index is 0.0161. The molecule has 0 aromatic heterocycles. The summed E-state index contributed by atoms with van der Waals surface area (Å²) in [7, 11) is -4.59. The molecule has 38 heavy (non-hydrogen) atoms. The van der Waals surface area contributed by atoms with Gasteiger partial charge in [0.1, 0.15) is 30.1 Å². The molecular formula is C22H30ClFN3O10P. The molecular weight excluding hydrogens is 552 g/mol. The molecule has 7 unspecified atom stereocenters. The summed E-state index contributed by atoms with van der Waals surface area (Å²) >= 11 is 5.86. The van der Waals surface area contributed by atoms with Crippen molar-refractivity contribution in [2.45, 2.75) is 70.0 Å². The average molecular weight is 582 g/mol. The number of rotatable bonds is 10. The molecule has 16 heteroatoms. The highest BCUT2D eigenvalue weighted by molar-refractivity contribution is 7.52. The predicted molar refractivity (Wildman–Crippen MR) is 130 cm³/mol. The van der Waals surface area contributed by atoms with Crippen LogP contribution < -0.4 is 14.9 Å². The summed E-state index contributed by atoms with van der Waals surface area (Å²) in [5, 5.41) is 36.4. The maximum Gasteiger partial charge on any atom is 0.459 e. The van der Waals surface area contributed by atoms with E-state index in [2.05, 4.69) is 10.4 Å². The molecule has 0 aliphatic carbocycles. The number of nitrogens with zero attached hydrogens (tertiary/aromatic N) is 1. The number of amides is 1. The van der Waals surface area contributed by atoms with E-state index in [0.717, 1.165) is 24.1 Å². The second-order valence-electron chi connectivity index (χ2n) is 9.18. The number of carbonyl (C=O) groups excluding carboxylic acids is 2. The third kappa shape index (κ3) is 6.82. The van der Waals surface area contributed by atoms with Crippen molar-refractivity contribution in [2.75, 3.05) is 6.61 Å². The number of aliphatic hydroxyl groups is 3. The lowest BCUT2D eigenvalue weighted by Crippen LogP contribution is -2.59. The molecule has 2 aliphatic rings. The quantitative estimate of drug-likeness (QED) is 0.197. The average Bonchev–Trinajstić information content (AvgIpc) is 2.99. The molecule has 3 rings (SSSR count). The van der Waals surface area contributed by atoms with Crippen molar-refractivity contribution >= 4 is 31.2 Å². The van der Waals surface area contributed by atoms with Crippen LogP contribution in [0.2, 0.25) is 5.02 Å². The molecule has 0 radical (unpaired) electrons. The number of aliphatic hydroxyl groups excluding tert-OH is 2. The Bertz CT molecular complexity index is 1110. The number of hydrogen-bond donors (Lipinski definition) is 5. The van der Waals surface area contributed by atoms with Crippen LogP contribution in [-0.4, -0.2) is 81.0 Å². The van der Waals surface area contributed by atoms with Crippen LogP contribution in [-0.2, 0) is 28.2 Å². The number of ether oxygens (including phenoxy) is 2. The van der Waals surface area contributed by atoms with Crippen LogP contribution in [0.1, 0.15) is 27.7 Å². The van der Waals surface area contributed by atoms with Crippen LogP contribution in [0.25, 0.3) is 0 Å². The number of hydrogen-bond acceptors (Lipinski definition) is 11. The molecule has 2 heterocycles. The van der Waals surface area contributed by atoms with Crippen molar-refractivity contribution in [1.82, 2.24) is 15.3 Å². The smallest absolute Gasteiger partial charge is 0.459 e. The highest BCUT2D eigenvalue weighted by Crippen LogP contribution is 2.49. The molecule has 0 spiro atoms. The number of halogens is 2. The van der Waals surface area contributed by atoms with Gasteiger partial charge < -0.3 is 39.5 Å². The highest BCUT2D eigenvalue weighted by atomic mass is 35.5. The largest absolute Gasteiger partial charge is 0.462 e. The number of nitrogens with one attached hydrogen (secondary N) is 2. The lowest BCUT2D eigenvalue weighted by Gasteiger charge is -2.38. The number of benzene rings is 1. The Hall–Kier alpha value is -2.29. The van der Waals surface area contributed by atoms with Crippen LogP contribution in [0, 0.1) is 0 Å². The second-order valence-corrected chi connectivity index (χ2v) is 11.3. The van der Waals surface area contributed by atoms with E-state index in [0.29, 0.717) is 5.02 Å². The van der Waals surface area contributed by atoms with E-state index in [1.165, 1.54) is 31.2 Å². The SMILES string of the molecule is CC(C)OC(=O)C(C)NP(=O)(OCC1(F)OC(N2C=CC(=O)NC2O)C(C)(O)C1O)Oc1ccc(Cl)cc1. The molecule has 1 fully saturated rings.